The van der Waals surface area contributed by atoms with Crippen molar-refractivity contribution >= 4 is 10.0 Å². The molecule has 1 aromatic rings. The summed E-state index contributed by atoms with van der Waals surface area (Å²) in [6, 6.07) is 2.92. The average molecular weight is 271 g/mol. The molecule has 1 fully saturated rings. The van der Waals surface area contributed by atoms with Gasteiger partial charge in [-0.2, -0.15) is 0 Å². The first-order chi connectivity index (χ1) is 8.55. The highest BCUT2D eigenvalue weighted by molar-refractivity contribution is 7.89. The van der Waals surface area contributed by atoms with Gasteiger partial charge in [-0.3, -0.25) is 0 Å². The van der Waals surface area contributed by atoms with Gasteiger partial charge in [0, 0.05) is 18.5 Å². The van der Waals surface area contributed by atoms with E-state index >= 15 is 0 Å². The zero-order chi connectivity index (χ0) is 13.0. The summed E-state index contributed by atoms with van der Waals surface area (Å²) in [5.74, 6) is 0.909. The molecule has 1 atom stereocenters. The number of hydrogen-bond acceptors (Lipinski definition) is 5. The van der Waals surface area contributed by atoms with Crippen LogP contribution in [0.3, 0.4) is 0 Å². The van der Waals surface area contributed by atoms with E-state index in [9.17, 15) is 8.42 Å². The normalized spacial score (nSPS) is 20.6. The Bertz CT molecular complexity index is 481. The van der Waals surface area contributed by atoms with Crippen LogP contribution in [0.4, 0.5) is 0 Å². The Kier molecular flexibility index (Phi) is 4.15. The zero-order valence-corrected chi connectivity index (χ0v) is 10.8. The predicted octanol–water partition coefficient (Wildman–Crippen LogP) is 0.107. The summed E-state index contributed by atoms with van der Waals surface area (Å²) in [6.45, 7) is 2.61. The molecule has 1 aliphatic heterocycles. The first-order valence-electron chi connectivity index (χ1n) is 5.88. The second kappa shape index (κ2) is 5.64. The van der Waals surface area contributed by atoms with Crippen LogP contribution in [0.2, 0.25) is 0 Å². The lowest BCUT2D eigenvalue weighted by Gasteiger charge is -2.22. The maximum absolute atomic E-state index is 11.0. The fourth-order valence-electron chi connectivity index (χ4n) is 1.89. The minimum atomic E-state index is -3.68. The number of hydrogen-bond donors (Lipinski definition) is 2. The summed E-state index contributed by atoms with van der Waals surface area (Å²) < 4.78 is 27.6. The van der Waals surface area contributed by atoms with Gasteiger partial charge in [-0.15, -0.1) is 0 Å². The summed E-state index contributed by atoms with van der Waals surface area (Å²) in [6.07, 6.45) is 3.51. The van der Waals surface area contributed by atoms with Crippen molar-refractivity contribution in [3.05, 3.63) is 18.3 Å². The van der Waals surface area contributed by atoms with Crippen LogP contribution in [0.25, 0.3) is 0 Å². The zero-order valence-electron chi connectivity index (χ0n) is 10.0. The molecule has 1 unspecified atom stereocenters. The summed E-state index contributed by atoms with van der Waals surface area (Å²) in [4.78, 5) is 3.92. The van der Waals surface area contributed by atoms with Crippen molar-refractivity contribution in [3.8, 4) is 5.88 Å². The van der Waals surface area contributed by atoms with Gasteiger partial charge in [0.25, 0.3) is 0 Å². The first kappa shape index (κ1) is 13.3. The number of nitrogens with zero attached hydrogens (tertiary/aromatic N) is 1. The minimum Gasteiger partial charge on any atom is -0.477 e. The Morgan fingerprint density at radius 3 is 2.89 bits per heavy atom. The van der Waals surface area contributed by atoms with Gasteiger partial charge < -0.3 is 10.1 Å². The third kappa shape index (κ3) is 3.66. The van der Waals surface area contributed by atoms with Crippen LogP contribution >= 0.6 is 0 Å². The fourth-order valence-corrected chi connectivity index (χ4v) is 2.35. The van der Waals surface area contributed by atoms with Gasteiger partial charge in [0.1, 0.15) is 4.90 Å². The second-order valence-corrected chi connectivity index (χ2v) is 5.96. The third-order valence-corrected chi connectivity index (χ3v) is 3.80. The summed E-state index contributed by atoms with van der Waals surface area (Å²) >= 11 is 0. The molecule has 0 aliphatic carbocycles. The molecule has 0 bridgehead atoms. The van der Waals surface area contributed by atoms with Crippen LogP contribution in [0, 0.1) is 5.92 Å². The first-order valence-corrected chi connectivity index (χ1v) is 7.43. The van der Waals surface area contributed by atoms with E-state index in [2.05, 4.69) is 10.3 Å². The fraction of sp³-hybridized carbons (Fsp3) is 0.545. The highest BCUT2D eigenvalue weighted by Gasteiger charge is 2.14. The van der Waals surface area contributed by atoms with Crippen molar-refractivity contribution in [3.63, 3.8) is 0 Å². The minimum absolute atomic E-state index is 0.00539. The van der Waals surface area contributed by atoms with E-state index in [0.717, 1.165) is 25.9 Å². The molecule has 6 nitrogen and oxygen atoms in total. The molecule has 18 heavy (non-hydrogen) atoms. The van der Waals surface area contributed by atoms with E-state index in [1.54, 1.807) is 0 Å². The van der Waals surface area contributed by atoms with E-state index in [1.807, 2.05) is 0 Å². The van der Waals surface area contributed by atoms with Crippen LogP contribution in [0.1, 0.15) is 12.8 Å². The van der Waals surface area contributed by atoms with Crippen molar-refractivity contribution in [1.29, 1.82) is 0 Å². The van der Waals surface area contributed by atoms with Gasteiger partial charge >= 0.3 is 0 Å². The topological polar surface area (TPSA) is 94.3 Å². The van der Waals surface area contributed by atoms with Crippen LogP contribution in [-0.4, -0.2) is 33.1 Å². The number of rotatable bonds is 4. The van der Waals surface area contributed by atoms with Gasteiger partial charge in [0.15, 0.2) is 0 Å². The molecule has 7 heteroatoms. The number of pyridine rings is 1. The molecule has 1 saturated heterocycles. The van der Waals surface area contributed by atoms with Crippen LogP contribution in [0.5, 0.6) is 5.88 Å². The number of ether oxygens (including phenoxy) is 1. The lowest BCUT2D eigenvalue weighted by molar-refractivity contribution is 0.212. The quantitative estimate of drug-likeness (QED) is 0.810. The Balaban J connectivity index is 1.90. The van der Waals surface area contributed by atoms with E-state index in [1.165, 1.54) is 18.3 Å². The summed E-state index contributed by atoms with van der Waals surface area (Å²) in [7, 11) is -3.68. The van der Waals surface area contributed by atoms with Crippen molar-refractivity contribution in [2.45, 2.75) is 17.7 Å². The molecule has 0 amide bonds. The van der Waals surface area contributed by atoms with E-state index in [0.29, 0.717) is 18.4 Å². The molecule has 0 spiro atoms. The monoisotopic (exact) mass is 271 g/mol. The Labute approximate surface area is 107 Å². The van der Waals surface area contributed by atoms with Crippen molar-refractivity contribution in [2.24, 2.45) is 11.1 Å². The van der Waals surface area contributed by atoms with Gasteiger partial charge in [-0.05, 0) is 25.5 Å². The smallest absolute Gasteiger partial charge is 0.239 e. The highest BCUT2D eigenvalue weighted by atomic mass is 32.2. The Morgan fingerprint density at radius 2 is 2.33 bits per heavy atom. The molecular weight excluding hydrogens is 254 g/mol. The van der Waals surface area contributed by atoms with Crippen LogP contribution < -0.4 is 15.2 Å². The number of piperidine rings is 1. The number of aromatic nitrogens is 1. The van der Waals surface area contributed by atoms with E-state index in [4.69, 9.17) is 9.88 Å². The average Bonchev–Trinajstić information content (AvgIpc) is 2.37. The number of nitrogens with one attached hydrogen (secondary N) is 1. The van der Waals surface area contributed by atoms with E-state index < -0.39 is 10.0 Å². The van der Waals surface area contributed by atoms with Gasteiger partial charge in [0.05, 0.1) is 12.8 Å². The van der Waals surface area contributed by atoms with E-state index in [-0.39, 0.29) is 4.90 Å². The molecule has 2 rings (SSSR count). The van der Waals surface area contributed by atoms with Crippen molar-refractivity contribution in [2.75, 3.05) is 19.7 Å². The Morgan fingerprint density at radius 1 is 1.50 bits per heavy atom. The number of sulfonamides is 1. The summed E-state index contributed by atoms with van der Waals surface area (Å²) in [5.41, 5.74) is 0. The van der Waals surface area contributed by atoms with Crippen molar-refractivity contribution < 1.29 is 13.2 Å². The standard InChI is InChI=1S/C11H17N3O3S/c12-18(15,16)10-3-4-11(14-7-10)17-8-9-2-1-5-13-6-9/h3-4,7,9,13H,1-2,5-6,8H2,(H2,12,15,16). The highest BCUT2D eigenvalue weighted by Crippen LogP contribution is 2.14. The van der Waals surface area contributed by atoms with Crippen LogP contribution in [-0.2, 0) is 10.0 Å². The van der Waals surface area contributed by atoms with Crippen molar-refractivity contribution in [1.82, 2.24) is 10.3 Å². The molecule has 1 aromatic heterocycles. The number of nitrogens with two attached hydrogens (primary N) is 1. The molecular formula is C11H17N3O3S. The second-order valence-electron chi connectivity index (χ2n) is 4.40. The molecule has 1 aliphatic rings. The SMILES string of the molecule is NS(=O)(=O)c1ccc(OCC2CCCNC2)nc1. The molecule has 0 radical (unpaired) electrons. The maximum Gasteiger partial charge on any atom is 0.239 e. The predicted molar refractivity (Wildman–Crippen MR) is 66.7 cm³/mol. The molecule has 0 aromatic carbocycles. The van der Waals surface area contributed by atoms with Crippen LogP contribution in [0.15, 0.2) is 23.2 Å². The molecule has 100 valence electrons. The maximum atomic E-state index is 11.0. The largest absolute Gasteiger partial charge is 0.477 e. The van der Waals surface area contributed by atoms with Gasteiger partial charge in [-0.1, -0.05) is 0 Å². The van der Waals surface area contributed by atoms with Gasteiger partial charge in [-0.25, -0.2) is 18.5 Å². The lowest BCUT2D eigenvalue weighted by Crippen LogP contribution is -2.33. The third-order valence-electron chi connectivity index (χ3n) is 2.90. The summed E-state index contributed by atoms with van der Waals surface area (Å²) in [5, 5.41) is 8.28. The molecule has 0 saturated carbocycles. The number of primary sulfonamides is 1. The molecule has 3 N–H and O–H groups in total. The lowest BCUT2D eigenvalue weighted by atomic mass is 10.0. The Hall–Kier alpha value is -1.18. The van der Waals surface area contributed by atoms with Gasteiger partial charge in [0.2, 0.25) is 15.9 Å². The molecule has 2 heterocycles.